The summed E-state index contributed by atoms with van der Waals surface area (Å²) in [4.78, 5) is 0. The number of hydrogen-bond donors (Lipinski definition) is 2. The molecule has 0 amide bonds. The van der Waals surface area contributed by atoms with E-state index in [0.29, 0.717) is 0 Å². The lowest BCUT2D eigenvalue weighted by molar-refractivity contribution is 0.690. The summed E-state index contributed by atoms with van der Waals surface area (Å²) >= 11 is 5.84. The monoisotopic (exact) mass is 380 g/mol. The van der Waals surface area contributed by atoms with Gasteiger partial charge in [0.1, 0.15) is 0 Å². The van der Waals surface area contributed by atoms with Crippen molar-refractivity contribution in [2.75, 3.05) is 11.9 Å². The molecule has 27 heavy (non-hydrogen) atoms. The third-order valence-electron chi connectivity index (χ3n) is 4.45. The zero-order valence-electron chi connectivity index (χ0n) is 16.4. The molecule has 3 aromatic rings. The van der Waals surface area contributed by atoms with Crippen LogP contribution in [0.3, 0.4) is 0 Å². The highest BCUT2D eigenvalue weighted by Crippen LogP contribution is 2.19. The Hall–Kier alpha value is -2.29. The summed E-state index contributed by atoms with van der Waals surface area (Å²) in [6.07, 6.45) is 0. The number of anilines is 1. The molecule has 0 aliphatic heterocycles. The van der Waals surface area contributed by atoms with Crippen LogP contribution >= 0.6 is 11.6 Å². The summed E-state index contributed by atoms with van der Waals surface area (Å²) in [6.45, 7) is 9.16. The third-order valence-corrected chi connectivity index (χ3v) is 4.77. The second kappa shape index (κ2) is 11.4. The van der Waals surface area contributed by atoms with Gasteiger partial charge in [0.25, 0.3) is 0 Å². The van der Waals surface area contributed by atoms with Crippen LogP contribution in [0.1, 0.15) is 29.2 Å². The smallest absolute Gasteiger partial charge is 0.0637 e. The molecule has 0 bridgehead atoms. The Morgan fingerprint density at radius 2 is 1.48 bits per heavy atom. The van der Waals surface area contributed by atoms with Gasteiger partial charge in [-0.25, -0.2) is 0 Å². The second-order valence-electron chi connectivity index (χ2n) is 6.46. The molecule has 3 aromatic carbocycles. The fraction of sp³-hybridized carbons (Fsp3) is 0.250. The van der Waals surface area contributed by atoms with E-state index < -0.39 is 0 Å². The van der Waals surface area contributed by atoms with E-state index in [0.717, 1.165) is 30.3 Å². The van der Waals surface area contributed by atoms with Gasteiger partial charge in [-0.05, 0) is 55.2 Å². The van der Waals surface area contributed by atoms with Gasteiger partial charge in [0.05, 0.1) is 10.7 Å². The van der Waals surface area contributed by atoms with Crippen molar-refractivity contribution in [3.8, 4) is 0 Å². The van der Waals surface area contributed by atoms with E-state index in [9.17, 15) is 0 Å². The van der Waals surface area contributed by atoms with Gasteiger partial charge < -0.3 is 10.6 Å². The van der Waals surface area contributed by atoms with Gasteiger partial charge in [-0.3, -0.25) is 0 Å². The summed E-state index contributed by atoms with van der Waals surface area (Å²) in [5, 5.41) is 7.41. The Balaban J connectivity index is 0.000000223. The number of nitrogens with one attached hydrogen (secondary N) is 2. The Bertz CT molecular complexity index is 816. The predicted molar refractivity (Wildman–Crippen MR) is 119 cm³/mol. The van der Waals surface area contributed by atoms with Crippen molar-refractivity contribution in [1.29, 1.82) is 0 Å². The summed E-state index contributed by atoms with van der Waals surface area (Å²) in [5.74, 6) is 0. The van der Waals surface area contributed by atoms with E-state index >= 15 is 0 Å². The molecule has 0 saturated heterocycles. The van der Waals surface area contributed by atoms with Gasteiger partial charge in [0.15, 0.2) is 0 Å². The highest BCUT2D eigenvalue weighted by atomic mass is 35.5. The average molecular weight is 381 g/mol. The molecule has 0 unspecified atom stereocenters. The molecule has 0 saturated carbocycles. The van der Waals surface area contributed by atoms with Crippen LogP contribution < -0.4 is 10.6 Å². The standard InChI is InChI=1S/C16H19N.C8H10ClN/c1-13-7-6-10-16(14(13)2)12-17-11-15-8-4-3-5-9-15;1-2-10-8-6-4-3-5-7(8)9/h3-10,17H,11-12H2,1-2H3;3-6,10H,2H2,1H3. The summed E-state index contributed by atoms with van der Waals surface area (Å²) < 4.78 is 0. The number of benzene rings is 3. The fourth-order valence-corrected chi connectivity index (χ4v) is 2.94. The number of halogens is 1. The lowest BCUT2D eigenvalue weighted by atomic mass is 10.0. The van der Waals surface area contributed by atoms with E-state index in [2.05, 4.69) is 66.9 Å². The topological polar surface area (TPSA) is 24.1 Å². The maximum atomic E-state index is 5.84. The number of aryl methyl sites for hydroxylation is 1. The van der Waals surface area contributed by atoms with Crippen LogP contribution in [-0.4, -0.2) is 6.54 Å². The van der Waals surface area contributed by atoms with Crippen LogP contribution in [0.25, 0.3) is 0 Å². The Morgan fingerprint density at radius 1 is 0.778 bits per heavy atom. The lowest BCUT2D eigenvalue weighted by Crippen LogP contribution is -2.13. The van der Waals surface area contributed by atoms with E-state index in [1.165, 1.54) is 22.3 Å². The normalized spacial score (nSPS) is 10.1. The van der Waals surface area contributed by atoms with Gasteiger partial charge in [-0.1, -0.05) is 72.3 Å². The molecule has 0 spiro atoms. The minimum Gasteiger partial charge on any atom is -0.384 e. The van der Waals surface area contributed by atoms with Gasteiger partial charge in [0, 0.05) is 19.6 Å². The van der Waals surface area contributed by atoms with Crippen molar-refractivity contribution in [2.24, 2.45) is 0 Å². The summed E-state index contributed by atoms with van der Waals surface area (Å²) in [5.41, 5.74) is 6.49. The molecule has 0 fully saturated rings. The van der Waals surface area contributed by atoms with Crippen LogP contribution in [0.4, 0.5) is 5.69 Å². The molecule has 0 aliphatic carbocycles. The first kappa shape index (κ1) is 21.0. The number of para-hydroxylation sites is 1. The highest BCUT2D eigenvalue weighted by molar-refractivity contribution is 6.33. The average Bonchev–Trinajstić information content (AvgIpc) is 2.69. The maximum absolute atomic E-state index is 5.84. The Kier molecular flexibility index (Phi) is 8.90. The van der Waals surface area contributed by atoms with E-state index in [1.807, 2.05) is 37.3 Å². The molecule has 2 N–H and O–H groups in total. The minimum atomic E-state index is 0.782. The van der Waals surface area contributed by atoms with Crippen molar-refractivity contribution < 1.29 is 0 Å². The van der Waals surface area contributed by atoms with Crippen molar-refractivity contribution >= 4 is 17.3 Å². The van der Waals surface area contributed by atoms with Gasteiger partial charge >= 0.3 is 0 Å². The lowest BCUT2D eigenvalue weighted by Gasteiger charge is -2.09. The molecule has 2 nitrogen and oxygen atoms in total. The molecule has 0 aliphatic rings. The zero-order chi connectivity index (χ0) is 19.5. The fourth-order valence-electron chi connectivity index (χ4n) is 2.74. The molecule has 0 aromatic heterocycles. The maximum Gasteiger partial charge on any atom is 0.0637 e. The van der Waals surface area contributed by atoms with Crippen LogP contribution in [0.5, 0.6) is 0 Å². The van der Waals surface area contributed by atoms with Crippen molar-refractivity contribution in [2.45, 2.75) is 33.9 Å². The predicted octanol–water partition coefficient (Wildman–Crippen LogP) is 6.37. The molecule has 3 rings (SSSR count). The molecule has 0 radical (unpaired) electrons. The van der Waals surface area contributed by atoms with Crippen molar-refractivity contribution in [3.63, 3.8) is 0 Å². The van der Waals surface area contributed by atoms with E-state index in [4.69, 9.17) is 11.6 Å². The molecule has 0 heterocycles. The largest absolute Gasteiger partial charge is 0.384 e. The molecule has 0 atom stereocenters. The zero-order valence-corrected chi connectivity index (χ0v) is 17.2. The van der Waals surface area contributed by atoms with Crippen LogP contribution in [-0.2, 0) is 13.1 Å². The highest BCUT2D eigenvalue weighted by Gasteiger charge is 2.00. The molecule has 3 heteroatoms. The van der Waals surface area contributed by atoms with E-state index in [-0.39, 0.29) is 0 Å². The number of rotatable bonds is 6. The molecule has 142 valence electrons. The van der Waals surface area contributed by atoms with Crippen LogP contribution in [0, 0.1) is 13.8 Å². The van der Waals surface area contributed by atoms with Gasteiger partial charge in [-0.15, -0.1) is 0 Å². The molecular weight excluding hydrogens is 352 g/mol. The minimum absolute atomic E-state index is 0.782. The van der Waals surface area contributed by atoms with Crippen LogP contribution in [0.2, 0.25) is 5.02 Å². The first-order valence-electron chi connectivity index (χ1n) is 9.40. The SMILES string of the molecule is CCNc1ccccc1Cl.Cc1cccc(CNCc2ccccc2)c1C. The Labute approximate surface area is 168 Å². The number of hydrogen-bond acceptors (Lipinski definition) is 2. The van der Waals surface area contributed by atoms with Crippen LogP contribution in [0.15, 0.2) is 72.8 Å². The second-order valence-corrected chi connectivity index (χ2v) is 6.87. The quantitative estimate of drug-likeness (QED) is 0.519. The molecular formula is C24H29ClN2. The van der Waals surface area contributed by atoms with Gasteiger partial charge in [0.2, 0.25) is 0 Å². The first-order valence-corrected chi connectivity index (χ1v) is 9.77. The summed E-state index contributed by atoms with van der Waals surface area (Å²) in [7, 11) is 0. The Morgan fingerprint density at radius 3 is 2.19 bits per heavy atom. The summed E-state index contributed by atoms with van der Waals surface area (Å²) in [6, 6.07) is 24.7. The van der Waals surface area contributed by atoms with Crippen molar-refractivity contribution in [3.05, 3.63) is 100 Å². The third kappa shape index (κ3) is 7.09. The van der Waals surface area contributed by atoms with Gasteiger partial charge in [-0.2, -0.15) is 0 Å². The van der Waals surface area contributed by atoms with Crippen molar-refractivity contribution in [1.82, 2.24) is 5.32 Å². The van der Waals surface area contributed by atoms with E-state index in [1.54, 1.807) is 0 Å². The first-order chi connectivity index (χ1) is 13.1.